The Hall–Kier alpha value is -1.26. The molecule has 2 N–H and O–H groups in total. The molecule has 0 aromatic rings. The number of carboxylic acids is 1. The van der Waals surface area contributed by atoms with Gasteiger partial charge in [-0.15, -0.1) is 0 Å². The Morgan fingerprint density at radius 1 is 1.11 bits per heavy atom. The van der Waals surface area contributed by atoms with Crippen molar-refractivity contribution >= 4 is 12.0 Å². The quantitative estimate of drug-likeness (QED) is 0.805. The molecule has 1 aliphatic heterocycles. The van der Waals surface area contributed by atoms with Crippen molar-refractivity contribution in [1.82, 2.24) is 10.2 Å². The summed E-state index contributed by atoms with van der Waals surface area (Å²) in [6.45, 7) is 4.61. The molecule has 4 atom stereocenters. The van der Waals surface area contributed by atoms with Gasteiger partial charge in [-0.05, 0) is 37.5 Å². The van der Waals surface area contributed by atoms with E-state index in [-0.39, 0.29) is 18.0 Å². The van der Waals surface area contributed by atoms with Crippen molar-refractivity contribution in [2.75, 3.05) is 6.54 Å². The van der Waals surface area contributed by atoms with Crippen LogP contribution in [0.5, 0.6) is 0 Å². The van der Waals surface area contributed by atoms with E-state index in [4.69, 9.17) is 0 Å². The highest BCUT2D eigenvalue weighted by Crippen LogP contribution is 2.27. The first kappa shape index (κ1) is 14.2. The van der Waals surface area contributed by atoms with Gasteiger partial charge in [0.25, 0.3) is 0 Å². The minimum Gasteiger partial charge on any atom is -0.480 e. The minimum atomic E-state index is -0.887. The van der Waals surface area contributed by atoms with Crippen LogP contribution in [0.2, 0.25) is 0 Å². The monoisotopic (exact) mass is 268 g/mol. The van der Waals surface area contributed by atoms with Crippen LogP contribution in [-0.4, -0.2) is 40.6 Å². The van der Waals surface area contributed by atoms with Crippen LogP contribution in [0.4, 0.5) is 4.79 Å². The van der Waals surface area contributed by atoms with Gasteiger partial charge in [0.2, 0.25) is 0 Å². The van der Waals surface area contributed by atoms with E-state index in [2.05, 4.69) is 12.2 Å². The summed E-state index contributed by atoms with van der Waals surface area (Å²) >= 11 is 0. The first-order valence-corrected chi connectivity index (χ1v) is 7.30. The molecule has 19 heavy (non-hydrogen) atoms. The molecular weight excluding hydrogens is 244 g/mol. The highest BCUT2D eigenvalue weighted by atomic mass is 16.4. The standard InChI is InChI=1S/C14H24N2O3/c1-9-5-3-7-11(9)15-14(19)16-8-4-6-10(2)12(16)13(17)18/h9-12H,3-8H2,1-2H3,(H,15,19)(H,17,18). The second-order valence-corrected chi connectivity index (χ2v) is 6.06. The maximum Gasteiger partial charge on any atom is 0.326 e. The lowest BCUT2D eigenvalue weighted by Gasteiger charge is -2.38. The van der Waals surface area contributed by atoms with E-state index in [0.717, 1.165) is 32.1 Å². The average Bonchev–Trinajstić information content (AvgIpc) is 2.74. The molecule has 108 valence electrons. The predicted octanol–water partition coefficient (Wildman–Crippen LogP) is 2.07. The SMILES string of the molecule is CC1CCCC1NC(=O)N1CCCC(C)C1C(=O)O. The molecule has 2 fully saturated rings. The largest absolute Gasteiger partial charge is 0.480 e. The van der Waals surface area contributed by atoms with E-state index < -0.39 is 12.0 Å². The molecule has 0 aromatic heterocycles. The molecule has 1 saturated carbocycles. The fraction of sp³-hybridized carbons (Fsp3) is 0.857. The minimum absolute atomic E-state index is 0.0259. The number of amides is 2. The zero-order valence-electron chi connectivity index (χ0n) is 11.8. The van der Waals surface area contributed by atoms with Crippen molar-refractivity contribution < 1.29 is 14.7 Å². The first-order chi connectivity index (χ1) is 9.00. The summed E-state index contributed by atoms with van der Waals surface area (Å²) in [6.07, 6.45) is 5.06. The Bertz CT molecular complexity index is 359. The zero-order valence-corrected chi connectivity index (χ0v) is 11.8. The molecule has 5 nitrogen and oxygen atoms in total. The van der Waals surface area contributed by atoms with Gasteiger partial charge in [-0.2, -0.15) is 0 Å². The molecule has 0 aromatic carbocycles. The maximum atomic E-state index is 12.3. The number of carboxylic acid groups (broad SMARTS) is 1. The molecule has 1 heterocycles. The van der Waals surface area contributed by atoms with Gasteiger partial charge in [0, 0.05) is 12.6 Å². The second kappa shape index (κ2) is 5.80. The van der Waals surface area contributed by atoms with Crippen LogP contribution < -0.4 is 5.32 Å². The summed E-state index contributed by atoms with van der Waals surface area (Å²) in [5.41, 5.74) is 0. The van der Waals surface area contributed by atoms with Crippen LogP contribution in [0.1, 0.15) is 46.0 Å². The lowest BCUT2D eigenvalue weighted by atomic mass is 9.91. The smallest absolute Gasteiger partial charge is 0.326 e. The number of carbonyl (C=O) groups excluding carboxylic acids is 1. The summed E-state index contributed by atoms with van der Waals surface area (Å²) in [5.74, 6) is -0.366. The topological polar surface area (TPSA) is 69.6 Å². The first-order valence-electron chi connectivity index (χ1n) is 7.30. The maximum absolute atomic E-state index is 12.3. The number of urea groups is 1. The van der Waals surface area contributed by atoms with E-state index in [1.54, 1.807) is 0 Å². The third-order valence-corrected chi connectivity index (χ3v) is 4.62. The Labute approximate surface area is 114 Å². The summed E-state index contributed by atoms with van der Waals surface area (Å²) in [7, 11) is 0. The molecule has 0 radical (unpaired) electrons. The molecule has 2 rings (SSSR count). The molecule has 0 spiro atoms. The molecule has 5 heteroatoms. The van der Waals surface area contributed by atoms with Crippen LogP contribution in [0.25, 0.3) is 0 Å². The summed E-state index contributed by atoms with van der Waals surface area (Å²) in [6, 6.07) is -0.665. The van der Waals surface area contributed by atoms with Gasteiger partial charge >= 0.3 is 12.0 Å². The third-order valence-electron chi connectivity index (χ3n) is 4.62. The van der Waals surface area contributed by atoms with Gasteiger partial charge in [0.15, 0.2) is 0 Å². The molecule has 2 amide bonds. The number of likely N-dealkylation sites (tertiary alicyclic amines) is 1. The van der Waals surface area contributed by atoms with Crippen LogP contribution in [0, 0.1) is 11.8 Å². The fourth-order valence-electron chi connectivity index (χ4n) is 3.39. The number of nitrogens with zero attached hydrogens (tertiary/aromatic N) is 1. The van der Waals surface area contributed by atoms with Gasteiger partial charge < -0.3 is 15.3 Å². The Kier molecular flexibility index (Phi) is 4.32. The Balaban J connectivity index is 2.01. The van der Waals surface area contributed by atoms with Crippen molar-refractivity contribution in [3.05, 3.63) is 0 Å². The van der Waals surface area contributed by atoms with Crippen molar-refractivity contribution in [2.45, 2.75) is 58.0 Å². The van der Waals surface area contributed by atoms with Crippen molar-refractivity contribution in [3.8, 4) is 0 Å². The van der Waals surface area contributed by atoms with Crippen LogP contribution in [0.3, 0.4) is 0 Å². The van der Waals surface area contributed by atoms with Gasteiger partial charge in [0.05, 0.1) is 0 Å². The number of piperidine rings is 1. The van der Waals surface area contributed by atoms with Crippen LogP contribution in [-0.2, 0) is 4.79 Å². The van der Waals surface area contributed by atoms with E-state index in [1.807, 2.05) is 6.92 Å². The molecular formula is C14H24N2O3. The molecule has 1 aliphatic carbocycles. The van der Waals surface area contributed by atoms with Crippen LogP contribution in [0.15, 0.2) is 0 Å². The predicted molar refractivity (Wildman–Crippen MR) is 71.9 cm³/mol. The normalized spacial score (nSPS) is 35.2. The average molecular weight is 268 g/mol. The number of aliphatic carboxylic acids is 1. The van der Waals surface area contributed by atoms with E-state index in [0.29, 0.717) is 12.5 Å². The van der Waals surface area contributed by atoms with E-state index in [9.17, 15) is 14.7 Å². The number of hydrogen-bond donors (Lipinski definition) is 2. The van der Waals surface area contributed by atoms with Gasteiger partial charge in [-0.1, -0.05) is 20.3 Å². The lowest BCUT2D eigenvalue weighted by molar-refractivity contribution is -0.145. The fourth-order valence-corrected chi connectivity index (χ4v) is 3.39. The lowest BCUT2D eigenvalue weighted by Crippen LogP contribution is -2.56. The Morgan fingerprint density at radius 3 is 2.37 bits per heavy atom. The van der Waals surface area contributed by atoms with Crippen molar-refractivity contribution in [3.63, 3.8) is 0 Å². The Morgan fingerprint density at radius 2 is 1.79 bits per heavy atom. The van der Waals surface area contributed by atoms with E-state index >= 15 is 0 Å². The summed E-state index contributed by atoms with van der Waals surface area (Å²) in [5, 5.41) is 12.3. The van der Waals surface area contributed by atoms with Crippen LogP contribution >= 0.6 is 0 Å². The van der Waals surface area contributed by atoms with Gasteiger partial charge in [-0.25, -0.2) is 9.59 Å². The second-order valence-electron chi connectivity index (χ2n) is 6.06. The van der Waals surface area contributed by atoms with E-state index in [1.165, 1.54) is 4.90 Å². The number of nitrogens with one attached hydrogen (secondary N) is 1. The van der Waals surface area contributed by atoms with Crippen molar-refractivity contribution in [1.29, 1.82) is 0 Å². The van der Waals surface area contributed by atoms with Crippen molar-refractivity contribution in [2.24, 2.45) is 11.8 Å². The van der Waals surface area contributed by atoms with Gasteiger partial charge in [-0.3, -0.25) is 0 Å². The highest BCUT2D eigenvalue weighted by Gasteiger charge is 2.38. The molecule has 2 aliphatic rings. The van der Waals surface area contributed by atoms with Gasteiger partial charge in [0.1, 0.15) is 6.04 Å². The molecule has 1 saturated heterocycles. The number of rotatable bonds is 2. The number of carbonyl (C=O) groups is 2. The summed E-state index contributed by atoms with van der Waals surface area (Å²) < 4.78 is 0. The summed E-state index contributed by atoms with van der Waals surface area (Å²) in [4.78, 5) is 25.2. The molecule has 4 unspecified atom stereocenters. The third kappa shape index (κ3) is 3.01. The molecule has 0 bridgehead atoms. The highest BCUT2D eigenvalue weighted by molar-refractivity contribution is 5.83. The number of hydrogen-bond acceptors (Lipinski definition) is 2. The zero-order chi connectivity index (χ0) is 14.0.